The minimum absolute atomic E-state index is 0.101. The number of aromatic nitrogens is 1. The molecule has 0 bridgehead atoms. The van der Waals surface area contributed by atoms with Gasteiger partial charge in [0.15, 0.2) is 0 Å². The average Bonchev–Trinajstić information content (AvgIpc) is 2.86. The Labute approximate surface area is 218 Å². The van der Waals surface area contributed by atoms with Crippen LogP contribution < -0.4 is 0 Å². The average molecular weight is 532 g/mol. The Hall–Kier alpha value is -3.01. The van der Waals surface area contributed by atoms with Crippen LogP contribution in [0.3, 0.4) is 0 Å². The normalized spacial score (nSPS) is 22.0. The Kier molecular flexibility index (Phi) is 7.87. The lowest BCUT2D eigenvalue weighted by Crippen LogP contribution is -2.50. The van der Waals surface area contributed by atoms with Crippen LogP contribution in [-0.4, -0.2) is 61.3 Å². The minimum atomic E-state index is -3.87. The smallest absolute Gasteiger partial charge is 0.409 e. The van der Waals surface area contributed by atoms with Gasteiger partial charge in [-0.2, -0.15) is 0 Å². The number of rotatable bonds is 6. The van der Waals surface area contributed by atoms with Crippen molar-refractivity contribution in [2.24, 2.45) is 4.40 Å². The third-order valence-corrected chi connectivity index (χ3v) is 9.19. The lowest BCUT2D eigenvalue weighted by Gasteiger charge is -2.37. The van der Waals surface area contributed by atoms with Crippen molar-refractivity contribution in [2.75, 3.05) is 20.2 Å². The molecule has 0 aliphatic carbocycles. The molecule has 1 amide bonds. The molecular weight excluding hydrogens is 497 g/mol. The molecule has 8 nitrogen and oxygen atoms in total. The molecule has 0 saturated carbocycles. The van der Waals surface area contributed by atoms with Crippen LogP contribution in [0.1, 0.15) is 68.7 Å². The van der Waals surface area contributed by atoms with Crippen molar-refractivity contribution >= 4 is 22.0 Å². The summed E-state index contributed by atoms with van der Waals surface area (Å²) in [6.45, 7) is 6.54. The zero-order valence-corrected chi connectivity index (χ0v) is 22.5. The van der Waals surface area contributed by atoms with Crippen LogP contribution in [0, 0.1) is 5.82 Å². The SMILES string of the molecule is COC(=O)N1CCC(c2ccc(CC3C(C)(C)OC(C[C@@H](C)c4ccccc4F)=NS3(=O)=O)cn2)CC1. The first-order valence-electron chi connectivity index (χ1n) is 12.5. The summed E-state index contributed by atoms with van der Waals surface area (Å²) in [6, 6.07) is 10.3. The Bertz CT molecular complexity index is 1260. The van der Waals surface area contributed by atoms with Crippen LogP contribution in [0.5, 0.6) is 0 Å². The topological polar surface area (TPSA) is 98.2 Å². The standard InChI is InChI=1S/C27H34FN3O5S/c1-18(21-7-5-6-8-22(21)28)15-25-30-37(33,34)24(27(2,3)36-25)16-19-9-10-23(29-17-19)20-11-13-31(14-12-20)26(32)35-4/h5-10,17-18,20,24H,11-16H2,1-4H3/t18-,24?/m1/s1. The Balaban J connectivity index is 1.43. The number of nitrogens with zero attached hydrogens (tertiary/aromatic N) is 3. The molecule has 0 radical (unpaired) electrons. The Morgan fingerprint density at radius 3 is 2.51 bits per heavy atom. The van der Waals surface area contributed by atoms with Crippen molar-refractivity contribution in [3.05, 3.63) is 65.2 Å². The van der Waals surface area contributed by atoms with Crippen molar-refractivity contribution in [2.45, 2.75) is 69.1 Å². The van der Waals surface area contributed by atoms with E-state index >= 15 is 0 Å². The summed E-state index contributed by atoms with van der Waals surface area (Å²) >= 11 is 0. The highest BCUT2D eigenvalue weighted by molar-refractivity contribution is 7.91. The van der Waals surface area contributed by atoms with E-state index in [1.54, 1.807) is 43.1 Å². The molecular formula is C27H34FN3O5S. The number of halogens is 1. The maximum absolute atomic E-state index is 14.2. The number of likely N-dealkylation sites (tertiary alicyclic amines) is 1. The predicted octanol–water partition coefficient (Wildman–Crippen LogP) is 4.81. The third-order valence-electron chi connectivity index (χ3n) is 7.28. The highest BCUT2D eigenvalue weighted by Crippen LogP contribution is 2.34. The molecule has 1 aromatic heterocycles. The number of ether oxygens (including phenoxy) is 2. The molecule has 4 rings (SSSR count). The fraction of sp³-hybridized carbons (Fsp3) is 0.519. The second-order valence-corrected chi connectivity index (χ2v) is 12.1. The molecule has 1 fully saturated rings. The maximum atomic E-state index is 14.2. The van der Waals surface area contributed by atoms with Crippen molar-refractivity contribution in [3.63, 3.8) is 0 Å². The molecule has 10 heteroatoms. The predicted molar refractivity (Wildman–Crippen MR) is 139 cm³/mol. The summed E-state index contributed by atoms with van der Waals surface area (Å²) in [6.07, 6.45) is 3.38. The minimum Gasteiger partial charge on any atom is -0.473 e. The maximum Gasteiger partial charge on any atom is 0.409 e. The van der Waals surface area contributed by atoms with E-state index in [-0.39, 0.29) is 42.5 Å². The molecule has 3 heterocycles. The van der Waals surface area contributed by atoms with E-state index in [0.717, 1.165) is 24.1 Å². The van der Waals surface area contributed by atoms with Crippen molar-refractivity contribution < 1.29 is 27.1 Å². The number of pyridine rings is 1. The van der Waals surface area contributed by atoms with Crippen molar-refractivity contribution in [3.8, 4) is 0 Å². The third kappa shape index (κ3) is 6.11. The first-order chi connectivity index (χ1) is 17.5. The molecule has 0 spiro atoms. The van der Waals surface area contributed by atoms with Crippen LogP contribution in [0.2, 0.25) is 0 Å². The van der Waals surface area contributed by atoms with Gasteiger partial charge in [0.25, 0.3) is 10.0 Å². The molecule has 1 saturated heterocycles. The Morgan fingerprint density at radius 2 is 1.92 bits per heavy atom. The van der Waals surface area contributed by atoms with Gasteiger partial charge in [-0.1, -0.05) is 31.2 Å². The fourth-order valence-corrected chi connectivity index (χ4v) is 6.82. The van der Waals surface area contributed by atoms with Gasteiger partial charge in [0.2, 0.25) is 5.90 Å². The van der Waals surface area contributed by atoms with Gasteiger partial charge >= 0.3 is 6.09 Å². The first-order valence-corrected chi connectivity index (χ1v) is 14.0. The quantitative estimate of drug-likeness (QED) is 0.531. The van der Waals surface area contributed by atoms with Gasteiger partial charge in [0.1, 0.15) is 16.7 Å². The molecule has 37 heavy (non-hydrogen) atoms. The van der Waals surface area contributed by atoms with Gasteiger partial charge in [-0.3, -0.25) is 4.98 Å². The van der Waals surface area contributed by atoms with Gasteiger partial charge in [-0.05, 0) is 62.3 Å². The molecule has 2 aliphatic heterocycles. The van der Waals surface area contributed by atoms with E-state index in [1.165, 1.54) is 13.2 Å². The highest BCUT2D eigenvalue weighted by atomic mass is 32.2. The summed E-state index contributed by atoms with van der Waals surface area (Å²) in [7, 11) is -2.49. The van der Waals surface area contributed by atoms with Gasteiger partial charge in [-0.25, -0.2) is 17.6 Å². The zero-order chi connectivity index (χ0) is 26.8. The lowest BCUT2D eigenvalue weighted by molar-refractivity contribution is 0.0802. The molecule has 200 valence electrons. The summed E-state index contributed by atoms with van der Waals surface area (Å²) in [5.74, 6) is -0.296. The van der Waals surface area contributed by atoms with Crippen molar-refractivity contribution in [1.82, 2.24) is 9.88 Å². The number of amides is 1. The summed E-state index contributed by atoms with van der Waals surface area (Å²) in [4.78, 5) is 18.0. The number of benzene rings is 1. The van der Waals surface area contributed by atoms with E-state index in [1.807, 2.05) is 19.1 Å². The molecule has 2 aromatic rings. The summed E-state index contributed by atoms with van der Waals surface area (Å²) < 4.78 is 55.5. The van der Waals surface area contributed by atoms with Gasteiger partial charge < -0.3 is 14.4 Å². The van der Waals surface area contributed by atoms with Crippen LogP contribution >= 0.6 is 0 Å². The van der Waals surface area contributed by atoms with Crippen molar-refractivity contribution in [1.29, 1.82) is 0 Å². The molecule has 2 aliphatic rings. The van der Waals surface area contributed by atoms with Gasteiger partial charge in [0, 0.05) is 37.3 Å². The molecule has 0 N–H and O–H groups in total. The zero-order valence-electron chi connectivity index (χ0n) is 21.7. The molecule has 1 unspecified atom stereocenters. The Morgan fingerprint density at radius 1 is 1.22 bits per heavy atom. The number of sulfonamides is 1. The number of methoxy groups -OCH3 is 1. The van der Waals surface area contributed by atoms with E-state index in [4.69, 9.17) is 9.47 Å². The summed E-state index contributed by atoms with van der Waals surface area (Å²) in [5, 5.41) is -0.886. The number of carbonyl (C=O) groups is 1. The molecule has 1 aromatic carbocycles. The number of hydrogen-bond donors (Lipinski definition) is 0. The van der Waals surface area contributed by atoms with Crippen LogP contribution in [0.4, 0.5) is 9.18 Å². The van der Waals surface area contributed by atoms with E-state index < -0.39 is 20.9 Å². The van der Waals surface area contributed by atoms with E-state index in [9.17, 15) is 17.6 Å². The first kappa shape index (κ1) is 27.0. The number of piperidine rings is 1. The van der Waals surface area contributed by atoms with E-state index in [2.05, 4.69) is 9.38 Å². The summed E-state index contributed by atoms with van der Waals surface area (Å²) in [5.41, 5.74) is 1.18. The lowest BCUT2D eigenvalue weighted by atomic mass is 9.92. The van der Waals surface area contributed by atoms with Crippen LogP contribution in [-0.2, 0) is 25.9 Å². The highest BCUT2D eigenvalue weighted by Gasteiger charge is 2.46. The van der Waals surface area contributed by atoms with Crippen LogP contribution in [0.25, 0.3) is 0 Å². The van der Waals surface area contributed by atoms with E-state index in [0.29, 0.717) is 18.7 Å². The number of hydrogen-bond acceptors (Lipinski definition) is 6. The second-order valence-electron chi connectivity index (χ2n) is 10.3. The van der Waals surface area contributed by atoms with Gasteiger partial charge in [0.05, 0.1) is 7.11 Å². The monoisotopic (exact) mass is 531 g/mol. The van der Waals surface area contributed by atoms with Gasteiger partial charge in [-0.15, -0.1) is 4.40 Å². The largest absolute Gasteiger partial charge is 0.473 e. The molecule has 2 atom stereocenters. The van der Waals surface area contributed by atoms with Crippen LogP contribution in [0.15, 0.2) is 47.0 Å². The fourth-order valence-electron chi connectivity index (χ4n) is 5.13. The second kappa shape index (κ2) is 10.8. The number of carbonyl (C=O) groups excluding carboxylic acids is 1.